The van der Waals surface area contributed by atoms with E-state index in [2.05, 4.69) is 20.5 Å². The average molecular weight is 466 g/mol. The third-order valence-electron chi connectivity index (χ3n) is 5.78. The number of nitrogens with zero attached hydrogens (tertiary/aromatic N) is 4. The molecule has 0 atom stereocenters. The maximum Gasteiger partial charge on any atom is 0.407 e. The van der Waals surface area contributed by atoms with Crippen molar-refractivity contribution < 1.29 is 18.7 Å². The third-order valence-corrected chi connectivity index (χ3v) is 5.78. The monoisotopic (exact) mass is 465 g/mol. The lowest BCUT2D eigenvalue weighted by molar-refractivity contribution is 0.0336. The average Bonchev–Trinajstić information content (AvgIpc) is 3.46. The highest BCUT2D eigenvalue weighted by Crippen LogP contribution is 2.40. The van der Waals surface area contributed by atoms with Gasteiger partial charge in [0.25, 0.3) is 0 Å². The maximum atomic E-state index is 14.8. The van der Waals surface area contributed by atoms with Gasteiger partial charge in [0.15, 0.2) is 5.82 Å². The predicted octanol–water partition coefficient (Wildman–Crippen LogP) is 4.78. The second-order valence-corrected chi connectivity index (χ2v) is 9.94. The normalized spacial score (nSPS) is 19.9. The second kappa shape index (κ2) is 8.70. The number of benzene rings is 1. The number of pyridine rings is 1. The zero-order valence-corrected chi connectivity index (χ0v) is 19.5. The summed E-state index contributed by atoms with van der Waals surface area (Å²) in [5.41, 5.74) is 0.557. The van der Waals surface area contributed by atoms with Crippen LogP contribution < -0.4 is 10.1 Å². The molecule has 2 fully saturated rings. The van der Waals surface area contributed by atoms with Gasteiger partial charge in [-0.2, -0.15) is 0 Å². The molecule has 0 spiro atoms. The molecule has 2 aromatic heterocycles. The van der Waals surface area contributed by atoms with Gasteiger partial charge in [0, 0.05) is 11.5 Å². The number of rotatable bonds is 6. The molecule has 178 valence electrons. The van der Waals surface area contributed by atoms with Crippen LogP contribution in [0, 0.1) is 5.82 Å². The van der Waals surface area contributed by atoms with Crippen molar-refractivity contribution in [3.63, 3.8) is 0 Å². The minimum atomic E-state index is -0.440. The molecule has 2 saturated carbocycles. The Labute approximate surface area is 197 Å². The summed E-state index contributed by atoms with van der Waals surface area (Å²) in [6, 6.07) is 10.2. The largest absolute Gasteiger partial charge is 0.489 e. The summed E-state index contributed by atoms with van der Waals surface area (Å²) in [6.07, 6.45) is 4.59. The molecule has 0 radical (unpaired) electrons. The van der Waals surface area contributed by atoms with Crippen LogP contribution in [-0.2, 0) is 4.74 Å². The van der Waals surface area contributed by atoms with Crippen LogP contribution >= 0.6 is 0 Å². The molecule has 0 saturated heterocycles. The van der Waals surface area contributed by atoms with Gasteiger partial charge in [0.2, 0.25) is 0 Å². The zero-order valence-electron chi connectivity index (χ0n) is 19.5. The molecule has 2 aliphatic rings. The van der Waals surface area contributed by atoms with Gasteiger partial charge in [0.05, 0.1) is 18.0 Å². The van der Waals surface area contributed by atoms with Gasteiger partial charge < -0.3 is 14.8 Å². The molecule has 2 heterocycles. The molecule has 1 aromatic carbocycles. The lowest BCUT2D eigenvalue weighted by Crippen LogP contribution is -2.44. The topological polar surface area (TPSA) is 91.2 Å². The van der Waals surface area contributed by atoms with Crippen LogP contribution in [0.5, 0.6) is 5.75 Å². The van der Waals surface area contributed by atoms with E-state index in [0.29, 0.717) is 41.6 Å². The van der Waals surface area contributed by atoms with Gasteiger partial charge in [0.1, 0.15) is 29.2 Å². The number of aromatic nitrogens is 4. The molecule has 0 unspecified atom stereocenters. The number of nitrogens with one attached hydrogen (secondary N) is 1. The first-order valence-corrected chi connectivity index (χ1v) is 11.6. The number of ether oxygens (including phenoxy) is 2. The fourth-order valence-electron chi connectivity index (χ4n) is 3.92. The number of halogens is 1. The van der Waals surface area contributed by atoms with Crippen molar-refractivity contribution in [2.75, 3.05) is 0 Å². The molecule has 34 heavy (non-hydrogen) atoms. The Hall–Kier alpha value is -3.49. The number of para-hydroxylation sites is 1. The van der Waals surface area contributed by atoms with Gasteiger partial charge in [-0.1, -0.05) is 12.1 Å². The molecular weight excluding hydrogens is 437 g/mol. The van der Waals surface area contributed by atoms with Crippen LogP contribution in [0.15, 0.2) is 42.6 Å². The predicted molar refractivity (Wildman–Crippen MR) is 123 cm³/mol. The standard InChI is InChI=1S/C25H28FN5O3/c1-25(2,3)28-24(32)34-18-12-15(13-18)22-29-30-23(31(22)21-7-5-4-6-19(21)26)20-11-10-17(14-27-20)33-16-8-9-16/h4-7,10-11,14-16,18H,8-9,12-13H2,1-3H3,(H,28,32). The summed E-state index contributed by atoms with van der Waals surface area (Å²) in [5.74, 6) is 1.38. The van der Waals surface area contributed by atoms with Gasteiger partial charge in [-0.3, -0.25) is 4.57 Å². The van der Waals surface area contributed by atoms with Crippen LogP contribution in [0.2, 0.25) is 0 Å². The molecule has 2 aliphatic carbocycles. The number of hydrogen-bond acceptors (Lipinski definition) is 6. The van der Waals surface area contributed by atoms with E-state index in [0.717, 1.165) is 12.8 Å². The first kappa shape index (κ1) is 22.3. The summed E-state index contributed by atoms with van der Waals surface area (Å²) < 4.78 is 27.9. The van der Waals surface area contributed by atoms with Gasteiger partial charge in [-0.15, -0.1) is 10.2 Å². The van der Waals surface area contributed by atoms with Gasteiger partial charge in [-0.05, 0) is 70.7 Å². The molecule has 1 N–H and O–H groups in total. The number of hydrogen-bond donors (Lipinski definition) is 1. The van der Waals surface area contributed by atoms with E-state index >= 15 is 0 Å². The Balaban J connectivity index is 1.39. The summed E-state index contributed by atoms with van der Waals surface area (Å²) in [5, 5.41) is 11.6. The Morgan fingerprint density at radius 1 is 1.09 bits per heavy atom. The molecule has 3 aromatic rings. The first-order chi connectivity index (χ1) is 16.3. The Morgan fingerprint density at radius 2 is 1.85 bits per heavy atom. The maximum absolute atomic E-state index is 14.8. The van der Waals surface area contributed by atoms with E-state index < -0.39 is 6.09 Å². The van der Waals surface area contributed by atoms with Crippen molar-refractivity contribution in [2.24, 2.45) is 0 Å². The summed E-state index contributed by atoms with van der Waals surface area (Å²) in [7, 11) is 0. The third kappa shape index (κ3) is 4.88. The Morgan fingerprint density at radius 3 is 2.50 bits per heavy atom. The zero-order chi connectivity index (χ0) is 23.9. The van der Waals surface area contributed by atoms with Crippen molar-refractivity contribution in [2.45, 2.75) is 70.1 Å². The lowest BCUT2D eigenvalue weighted by atomic mass is 9.81. The van der Waals surface area contributed by atoms with Crippen LogP contribution in [0.4, 0.5) is 9.18 Å². The number of carbonyl (C=O) groups is 1. The minimum absolute atomic E-state index is 0.0224. The van der Waals surface area contributed by atoms with Crippen LogP contribution in [-0.4, -0.2) is 43.6 Å². The quantitative estimate of drug-likeness (QED) is 0.563. The van der Waals surface area contributed by atoms with Crippen molar-refractivity contribution in [3.8, 4) is 23.0 Å². The number of carbonyl (C=O) groups excluding carboxylic acids is 1. The highest BCUT2D eigenvalue weighted by molar-refractivity contribution is 5.68. The van der Waals surface area contributed by atoms with E-state index in [-0.39, 0.29) is 29.5 Å². The van der Waals surface area contributed by atoms with Crippen LogP contribution in [0.1, 0.15) is 58.2 Å². The lowest BCUT2D eigenvalue weighted by Gasteiger charge is -2.35. The SMILES string of the molecule is CC(C)(C)NC(=O)OC1CC(c2nnc(-c3ccc(OC4CC4)cn3)n2-c2ccccc2F)C1. The van der Waals surface area contributed by atoms with E-state index in [1.165, 1.54) is 6.07 Å². The second-order valence-electron chi connectivity index (χ2n) is 9.94. The summed E-state index contributed by atoms with van der Waals surface area (Å²) >= 11 is 0. The number of alkyl carbamates (subject to hydrolysis) is 1. The molecular formula is C25H28FN5O3. The van der Waals surface area contributed by atoms with Gasteiger partial charge >= 0.3 is 6.09 Å². The Bertz CT molecular complexity index is 1180. The van der Waals surface area contributed by atoms with E-state index in [9.17, 15) is 9.18 Å². The first-order valence-electron chi connectivity index (χ1n) is 11.6. The minimum Gasteiger partial charge on any atom is -0.489 e. The molecule has 0 aliphatic heterocycles. The smallest absolute Gasteiger partial charge is 0.407 e. The molecule has 8 nitrogen and oxygen atoms in total. The highest BCUT2D eigenvalue weighted by atomic mass is 19.1. The van der Waals surface area contributed by atoms with E-state index in [4.69, 9.17) is 9.47 Å². The van der Waals surface area contributed by atoms with Crippen LogP contribution in [0.3, 0.4) is 0 Å². The molecule has 1 amide bonds. The van der Waals surface area contributed by atoms with E-state index in [1.807, 2.05) is 32.9 Å². The van der Waals surface area contributed by atoms with Crippen molar-refractivity contribution in [1.29, 1.82) is 0 Å². The fraction of sp³-hybridized carbons (Fsp3) is 0.440. The highest BCUT2D eigenvalue weighted by Gasteiger charge is 2.38. The molecule has 9 heteroatoms. The van der Waals surface area contributed by atoms with Crippen molar-refractivity contribution >= 4 is 6.09 Å². The Kier molecular flexibility index (Phi) is 5.71. The number of amides is 1. The fourth-order valence-corrected chi connectivity index (χ4v) is 3.92. The van der Waals surface area contributed by atoms with Crippen LogP contribution in [0.25, 0.3) is 17.2 Å². The molecule has 5 rings (SSSR count). The van der Waals surface area contributed by atoms with Crippen molar-refractivity contribution in [1.82, 2.24) is 25.1 Å². The molecule has 0 bridgehead atoms. The van der Waals surface area contributed by atoms with Gasteiger partial charge in [-0.25, -0.2) is 14.2 Å². The summed E-state index contributed by atoms with van der Waals surface area (Å²) in [4.78, 5) is 16.6. The van der Waals surface area contributed by atoms with E-state index in [1.54, 1.807) is 29.0 Å². The van der Waals surface area contributed by atoms with Crippen molar-refractivity contribution in [3.05, 3.63) is 54.2 Å². The summed E-state index contributed by atoms with van der Waals surface area (Å²) in [6.45, 7) is 5.69.